The molecule has 3 rings (SSSR count). The second-order valence-corrected chi connectivity index (χ2v) is 5.72. The summed E-state index contributed by atoms with van der Waals surface area (Å²) in [7, 11) is 3.36. The fourth-order valence-corrected chi connectivity index (χ4v) is 2.67. The van der Waals surface area contributed by atoms with Crippen molar-refractivity contribution in [2.75, 3.05) is 12.8 Å². The number of nitrogens with two attached hydrogens (primary N) is 1. The van der Waals surface area contributed by atoms with E-state index in [2.05, 4.69) is 0 Å². The van der Waals surface area contributed by atoms with Crippen LogP contribution >= 0.6 is 0 Å². The molecule has 0 unspecified atom stereocenters. The van der Waals surface area contributed by atoms with Gasteiger partial charge in [-0.15, -0.1) is 0 Å². The van der Waals surface area contributed by atoms with Crippen molar-refractivity contribution >= 4 is 11.7 Å². The lowest BCUT2D eigenvalue weighted by Gasteiger charge is -2.03. The first-order chi connectivity index (χ1) is 12.0. The van der Waals surface area contributed by atoms with E-state index in [1.807, 2.05) is 0 Å². The van der Waals surface area contributed by atoms with Crippen LogP contribution in [0.25, 0.3) is 11.3 Å². The molecule has 5 nitrogen and oxygen atoms in total. The van der Waals surface area contributed by atoms with Crippen LogP contribution in [0.4, 0.5) is 10.3 Å². The summed E-state index contributed by atoms with van der Waals surface area (Å²) in [5.74, 6) is 0.693. The number of hydrogen-bond donors (Lipinski definition) is 1. The molecule has 3 aromatic rings. The second kappa shape index (κ2) is 6.76. The Labute approximate surface area is 145 Å². The third-order valence-electron chi connectivity index (χ3n) is 4.12. The molecular formula is C19H19FN3O2+. The number of nitrogens with zero attached hydrogens (tertiary/aromatic N) is 2. The predicted molar refractivity (Wildman–Crippen MR) is 92.7 cm³/mol. The molecule has 0 amide bonds. The van der Waals surface area contributed by atoms with Crippen LogP contribution in [0.15, 0.2) is 54.7 Å². The fraction of sp³-hybridized carbons (Fsp3) is 0.158. The van der Waals surface area contributed by atoms with Crippen LogP contribution in [0.5, 0.6) is 5.75 Å². The summed E-state index contributed by atoms with van der Waals surface area (Å²) < 4.78 is 21.7. The molecule has 2 N–H and O–H groups in total. The molecule has 128 valence electrons. The maximum absolute atomic E-state index is 13.1. The predicted octanol–water partition coefficient (Wildman–Crippen LogP) is 2.59. The average Bonchev–Trinajstić information content (AvgIpc) is 2.91. The molecule has 0 spiro atoms. The molecule has 0 aliphatic carbocycles. The molecule has 6 heteroatoms. The van der Waals surface area contributed by atoms with Gasteiger partial charge in [-0.25, -0.2) is 13.5 Å². The Bertz CT molecular complexity index is 917. The quantitative estimate of drug-likeness (QED) is 0.574. The number of ether oxygens (including phenoxy) is 1. The standard InChI is InChI=1S/C19H18FN3O2/c1-22-17(13-6-8-15(20)9-7-13)11-23(19(22)21)12-18(24)14-4-3-5-16(10-14)25-2/h3-11,21H,12H2,1-2H3/p+1. The molecule has 0 saturated carbocycles. The van der Waals surface area contributed by atoms with Crippen LogP contribution in [-0.2, 0) is 13.6 Å². The maximum Gasteiger partial charge on any atom is 0.355 e. The van der Waals surface area contributed by atoms with Gasteiger partial charge in [0.05, 0.1) is 14.2 Å². The number of hydrogen-bond acceptors (Lipinski definition) is 3. The van der Waals surface area contributed by atoms with Gasteiger partial charge in [-0.3, -0.25) is 10.5 Å². The van der Waals surface area contributed by atoms with Gasteiger partial charge >= 0.3 is 5.95 Å². The lowest BCUT2D eigenvalue weighted by molar-refractivity contribution is -0.667. The molecule has 1 heterocycles. The minimum absolute atomic E-state index is 0.0770. The van der Waals surface area contributed by atoms with Gasteiger partial charge in [0.15, 0.2) is 5.78 Å². The summed E-state index contributed by atoms with van der Waals surface area (Å²) in [4.78, 5) is 12.5. The Hall–Kier alpha value is -3.15. The van der Waals surface area contributed by atoms with Gasteiger partial charge < -0.3 is 4.74 Å². The molecule has 0 bridgehead atoms. The first-order valence-corrected chi connectivity index (χ1v) is 7.77. The molecule has 1 aromatic heterocycles. The van der Waals surface area contributed by atoms with E-state index < -0.39 is 0 Å². The number of carbonyl (C=O) groups is 1. The Morgan fingerprint density at radius 3 is 2.64 bits per heavy atom. The van der Waals surface area contributed by atoms with E-state index in [9.17, 15) is 9.18 Å². The van der Waals surface area contributed by atoms with Crippen LogP contribution in [0, 0.1) is 5.82 Å². The molecule has 2 aromatic carbocycles. The van der Waals surface area contributed by atoms with E-state index >= 15 is 0 Å². The first kappa shape index (κ1) is 16.7. The van der Waals surface area contributed by atoms with Crippen molar-refractivity contribution in [1.82, 2.24) is 4.57 Å². The number of imidazole rings is 1. The topological polar surface area (TPSA) is 61.1 Å². The molecule has 0 radical (unpaired) electrons. The summed E-state index contributed by atoms with van der Waals surface area (Å²) in [5, 5.41) is 0. The maximum atomic E-state index is 13.1. The lowest BCUT2D eigenvalue weighted by Crippen LogP contribution is -2.39. The van der Waals surface area contributed by atoms with Crippen molar-refractivity contribution in [2.24, 2.45) is 7.05 Å². The van der Waals surface area contributed by atoms with Gasteiger partial charge in [0.1, 0.15) is 30.0 Å². The van der Waals surface area contributed by atoms with Gasteiger partial charge in [0, 0.05) is 11.1 Å². The third kappa shape index (κ3) is 3.38. The Morgan fingerprint density at radius 2 is 1.96 bits per heavy atom. The number of anilines is 1. The number of ketones is 1. The number of Topliss-reactive ketones (excluding diaryl/α,β-unsaturated/α-hetero) is 1. The van der Waals surface area contributed by atoms with E-state index in [-0.39, 0.29) is 18.1 Å². The number of aromatic nitrogens is 2. The summed E-state index contributed by atoms with van der Waals surface area (Å²) in [6, 6.07) is 13.1. The average molecular weight is 340 g/mol. The monoisotopic (exact) mass is 340 g/mol. The molecule has 25 heavy (non-hydrogen) atoms. The molecule has 0 aliphatic heterocycles. The summed E-state index contributed by atoms with van der Waals surface area (Å²) in [6.45, 7) is 0.105. The van der Waals surface area contributed by atoms with Gasteiger partial charge in [0.25, 0.3) is 0 Å². The first-order valence-electron chi connectivity index (χ1n) is 7.77. The molecule has 0 aliphatic rings. The van der Waals surface area contributed by atoms with Gasteiger partial charge in [-0.2, -0.15) is 0 Å². The van der Waals surface area contributed by atoms with Gasteiger partial charge in [0.2, 0.25) is 0 Å². The van der Waals surface area contributed by atoms with E-state index in [1.54, 1.807) is 65.9 Å². The lowest BCUT2D eigenvalue weighted by atomic mass is 10.1. The highest BCUT2D eigenvalue weighted by Gasteiger charge is 2.20. The van der Waals surface area contributed by atoms with Crippen molar-refractivity contribution in [2.45, 2.75) is 6.54 Å². The molecule has 0 saturated heterocycles. The molecular weight excluding hydrogens is 321 g/mol. The van der Waals surface area contributed by atoms with Crippen LogP contribution < -0.4 is 15.0 Å². The van der Waals surface area contributed by atoms with E-state index in [1.165, 1.54) is 12.1 Å². The Balaban J connectivity index is 1.89. The zero-order chi connectivity index (χ0) is 18.0. The molecule has 0 atom stereocenters. The summed E-state index contributed by atoms with van der Waals surface area (Å²) in [6.07, 6.45) is 1.79. The number of methoxy groups -OCH3 is 1. The normalized spacial score (nSPS) is 10.7. The van der Waals surface area contributed by atoms with Crippen LogP contribution in [0.2, 0.25) is 0 Å². The minimum Gasteiger partial charge on any atom is -0.497 e. The molecule has 0 fully saturated rings. The Morgan fingerprint density at radius 1 is 1.24 bits per heavy atom. The minimum atomic E-state index is -0.299. The summed E-state index contributed by atoms with van der Waals surface area (Å²) in [5.41, 5.74) is 8.31. The van der Waals surface area contributed by atoms with Crippen molar-refractivity contribution < 1.29 is 18.5 Å². The third-order valence-corrected chi connectivity index (χ3v) is 4.12. The zero-order valence-corrected chi connectivity index (χ0v) is 14.1. The van der Waals surface area contributed by atoms with Crippen molar-refractivity contribution in [1.29, 1.82) is 0 Å². The SMILES string of the molecule is COc1cccc(C(=O)C[n+]2cc(-c3ccc(F)cc3)n(C)c2N)c1. The van der Waals surface area contributed by atoms with E-state index in [0.29, 0.717) is 17.3 Å². The van der Waals surface area contributed by atoms with Gasteiger partial charge in [-0.05, 0) is 36.4 Å². The Kier molecular flexibility index (Phi) is 4.52. The smallest absolute Gasteiger partial charge is 0.355 e. The van der Waals surface area contributed by atoms with Crippen molar-refractivity contribution in [3.63, 3.8) is 0 Å². The highest BCUT2D eigenvalue weighted by atomic mass is 19.1. The highest BCUT2D eigenvalue weighted by Crippen LogP contribution is 2.20. The number of halogens is 1. The number of nitrogen functional groups attached to an aromatic ring is 1. The second-order valence-electron chi connectivity index (χ2n) is 5.72. The number of carbonyl (C=O) groups excluding carboxylic acids is 1. The number of benzene rings is 2. The van der Waals surface area contributed by atoms with Crippen LogP contribution in [-0.4, -0.2) is 17.5 Å². The fourth-order valence-electron chi connectivity index (χ4n) is 2.67. The van der Waals surface area contributed by atoms with Crippen LogP contribution in [0.1, 0.15) is 10.4 Å². The van der Waals surface area contributed by atoms with Gasteiger partial charge in [-0.1, -0.05) is 12.1 Å². The summed E-state index contributed by atoms with van der Waals surface area (Å²) >= 11 is 0. The van der Waals surface area contributed by atoms with Crippen molar-refractivity contribution in [3.8, 4) is 17.0 Å². The van der Waals surface area contributed by atoms with Crippen molar-refractivity contribution in [3.05, 3.63) is 66.1 Å². The highest BCUT2D eigenvalue weighted by molar-refractivity contribution is 5.95. The largest absolute Gasteiger partial charge is 0.497 e. The van der Waals surface area contributed by atoms with Crippen LogP contribution in [0.3, 0.4) is 0 Å². The van der Waals surface area contributed by atoms with E-state index in [4.69, 9.17) is 10.5 Å². The zero-order valence-electron chi connectivity index (χ0n) is 14.1. The van der Waals surface area contributed by atoms with E-state index in [0.717, 1.165) is 11.3 Å². The number of rotatable bonds is 5.